The van der Waals surface area contributed by atoms with Crippen LogP contribution in [0.5, 0.6) is 5.75 Å². The van der Waals surface area contributed by atoms with E-state index in [1.54, 1.807) is 36.4 Å². The van der Waals surface area contributed by atoms with Crippen LogP contribution in [0, 0.1) is 10.1 Å². The molecular weight excluding hydrogens is 274 g/mol. The molecule has 2 aromatic carbocycles. The molecule has 0 bridgehead atoms. The van der Waals surface area contributed by atoms with Gasteiger partial charge in [-0.25, -0.2) is 0 Å². The minimum Gasteiger partial charge on any atom is -0.489 e. The summed E-state index contributed by atoms with van der Waals surface area (Å²) in [5.74, 6) is 5.96. The summed E-state index contributed by atoms with van der Waals surface area (Å²) in [5.41, 5.74) is 3.83. The SMILES string of the molecule is NNc1c(COc2ccc(CO)cc2)cccc1[N+](=O)[O-]. The number of aliphatic hydroxyl groups excluding tert-OH is 1. The van der Waals surface area contributed by atoms with Gasteiger partial charge in [-0.3, -0.25) is 16.0 Å². The number of hydrogen-bond acceptors (Lipinski definition) is 6. The van der Waals surface area contributed by atoms with Gasteiger partial charge in [-0.05, 0) is 17.7 Å². The number of aliphatic hydroxyl groups is 1. The highest BCUT2D eigenvalue weighted by Crippen LogP contribution is 2.28. The molecule has 0 spiro atoms. The van der Waals surface area contributed by atoms with Crippen molar-refractivity contribution in [1.29, 1.82) is 0 Å². The van der Waals surface area contributed by atoms with Crippen molar-refractivity contribution in [2.45, 2.75) is 13.2 Å². The topological polar surface area (TPSA) is 111 Å². The summed E-state index contributed by atoms with van der Waals surface area (Å²) in [4.78, 5) is 10.4. The van der Waals surface area contributed by atoms with Gasteiger partial charge in [0.05, 0.1) is 11.5 Å². The Bertz CT molecular complexity index is 629. The van der Waals surface area contributed by atoms with Crippen LogP contribution in [0.15, 0.2) is 42.5 Å². The van der Waals surface area contributed by atoms with E-state index < -0.39 is 4.92 Å². The van der Waals surface area contributed by atoms with E-state index in [0.29, 0.717) is 11.3 Å². The number of hydrogen-bond donors (Lipinski definition) is 3. The van der Waals surface area contributed by atoms with Crippen LogP contribution in [-0.4, -0.2) is 10.0 Å². The molecule has 7 nitrogen and oxygen atoms in total. The molecule has 0 aliphatic heterocycles. The molecule has 0 radical (unpaired) electrons. The third-order valence-electron chi connectivity index (χ3n) is 2.97. The monoisotopic (exact) mass is 289 g/mol. The van der Waals surface area contributed by atoms with Gasteiger partial charge in [0.25, 0.3) is 5.69 Å². The standard InChI is InChI=1S/C14H15N3O4/c15-16-14-11(2-1-3-13(14)17(19)20)9-21-12-6-4-10(8-18)5-7-12/h1-7,16,18H,8-9,15H2. The molecule has 0 aromatic heterocycles. The number of nitro benzene ring substituents is 1. The van der Waals surface area contributed by atoms with Crippen LogP contribution >= 0.6 is 0 Å². The second-order valence-corrected chi connectivity index (χ2v) is 4.30. The molecule has 0 amide bonds. The first-order valence-electron chi connectivity index (χ1n) is 6.21. The van der Waals surface area contributed by atoms with Crippen molar-refractivity contribution in [1.82, 2.24) is 0 Å². The quantitative estimate of drug-likeness (QED) is 0.426. The van der Waals surface area contributed by atoms with Crippen LogP contribution in [0.4, 0.5) is 11.4 Å². The number of nitrogen functional groups attached to an aromatic ring is 1. The molecule has 21 heavy (non-hydrogen) atoms. The third-order valence-corrected chi connectivity index (χ3v) is 2.97. The summed E-state index contributed by atoms with van der Waals surface area (Å²) in [6, 6.07) is 11.6. The Labute approximate surface area is 121 Å². The molecule has 7 heteroatoms. The molecule has 0 aliphatic carbocycles. The van der Waals surface area contributed by atoms with E-state index in [9.17, 15) is 10.1 Å². The lowest BCUT2D eigenvalue weighted by molar-refractivity contribution is -0.384. The average molecular weight is 289 g/mol. The smallest absolute Gasteiger partial charge is 0.294 e. The van der Waals surface area contributed by atoms with Crippen LogP contribution in [0.3, 0.4) is 0 Å². The first kappa shape index (κ1) is 14.8. The Morgan fingerprint density at radius 2 is 1.95 bits per heavy atom. The van der Waals surface area contributed by atoms with Gasteiger partial charge < -0.3 is 15.3 Å². The maximum Gasteiger partial charge on any atom is 0.294 e. The number of nitrogens with two attached hydrogens (primary N) is 1. The summed E-state index contributed by atoms with van der Waals surface area (Å²) < 4.78 is 5.57. The molecule has 0 saturated heterocycles. The highest BCUT2D eigenvalue weighted by atomic mass is 16.6. The Morgan fingerprint density at radius 1 is 1.24 bits per heavy atom. The Kier molecular flexibility index (Phi) is 4.70. The molecule has 0 saturated carbocycles. The summed E-state index contributed by atoms with van der Waals surface area (Å²) in [5, 5.41) is 19.9. The molecular formula is C14H15N3O4. The van der Waals surface area contributed by atoms with Gasteiger partial charge in [0.1, 0.15) is 18.0 Å². The van der Waals surface area contributed by atoms with Crippen LogP contribution in [0.25, 0.3) is 0 Å². The van der Waals surface area contributed by atoms with Crippen LogP contribution in [0.1, 0.15) is 11.1 Å². The van der Waals surface area contributed by atoms with E-state index >= 15 is 0 Å². The second-order valence-electron chi connectivity index (χ2n) is 4.30. The van der Waals surface area contributed by atoms with Crippen molar-refractivity contribution >= 4 is 11.4 Å². The number of nitrogens with one attached hydrogen (secondary N) is 1. The van der Waals surface area contributed by atoms with Crippen molar-refractivity contribution in [3.05, 3.63) is 63.7 Å². The molecule has 4 N–H and O–H groups in total. The zero-order valence-corrected chi connectivity index (χ0v) is 11.2. The van der Waals surface area contributed by atoms with Gasteiger partial charge in [0.15, 0.2) is 0 Å². The Hall–Kier alpha value is -2.64. The number of nitro groups is 1. The van der Waals surface area contributed by atoms with Crippen LogP contribution in [-0.2, 0) is 13.2 Å². The van der Waals surface area contributed by atoms with E-state index in [1.807, 2.05) is 0 Å². The number of ether oxygens (including phenoxy) is 1. The fourth-order valence-corrected chi connectivity index (χ4v) is 1.88. The van der Waals surface area contributed by atoms with Crippen molar-refractivity contribution < 1.29 is 14.8 Å². The van der Waals surface area contributed by atoms with Crippen LogP contribution in [0.2, 0.25) is 0 Å². The minimum absolute atomic E-state index is 0.0353. The largest absolute Gasteiger partial charge is 0.489 e. The molecule has 110 valence electrons. The number of nitrogens with zero attached hydrogens (tertiary/aromatic N) is 1. The summed E-state index contributed by atoms with van der Waals surface area (Å²) in [6.07, 6.45) is 0. The summed E-state index contributed by atoms with van der Waals surface area (Å²) in [6.45, 7) is 0.103. The second kappa shape index (κ2) is 6.69. The lowest BCUT2D eigenvalue weighted by Crippen LogP contribution is -2.12. The molecule has 0 fully saturated rings. The predicted molar refractivity (Wildman–Crippen MR) is 77.6 cm³/mol. The number of hydrazine groups is 1. The Morgan fingerprint density at radius 3 is 2.52 bits per heavy atom. The number of benzene rings is 2. The molecule has 0 heterocycles. The number of anilines is 1. The summed E-state index contributed by atoms with van der Waals surface area (Å²) in [7, 11) is 0. The fraction of sp³-hybridized carbons (Fsp3) is 0.143. The van der Waals surface area contributed by atoms with E-state index in [1.165, 1.54) is 6.07 Å². The maximum atomic E-state index is 10.9. The lowest BCUT2D eigenvalue weighted by Gasteiger charge is -2.11. The lowest BCUT2D eigenvalue weighted by atomic mass is 10.1. The highest BCUT2D eigenvalue weighted by Gasteiger charge is 2.16. The normalized spacial score (nSPS) is 10.2. The summed E-state index contributed by atoms with van der Waals surface area (Å²) >= 11 is 0. The molecule has 0 atom stereocenters. The van der Waals surface area contributed by atoms with E-state index in [-0.39, 0.29) is 24.6 Å². The van der Waals surface area contributed by atoms with Crippen LogP contribution < -0.4 is 16.0 Å². The van der Waals surface area contributed by atoms with Gasteiger partial charge in [-0.15, -0.1) is 0 Å². The molecule has 0 unspecified atom stereocenters. The van der Waals surface area contributed by atoms with E-state index in [2.05, 4.69) is 5.43 Å². The van der Waals surface area contributed by atoms with Crippen molar-refractivity contribution in [2.75, 3.05) is 5.43 Å². The highest BCUT2D eigenvalue weighted by molar-refractivity contribution is 5.65. The van der Waals surface area contributed by atoms with Crippen molar-refractivity contribution in [2.24, 2.45) is 5.84 Å². The molecule has 2 rings (SSSR count). The first-order valence-corrected chi connectivity index (χ1v) is 6.21. The van der Waals surface area contributed by atoms with E-state index in [4.69, 9.17) is 15.7 Å². The third kappa shape index (κ3) is 3.47. The van der Waals surface area contributed by atoms with Gasteiger partial charge in [-0.2, -0.15) is 0 Å². The predicted octanol–water partition coefficient (Wildman–Crippen LogP) is 1.95. The fourth-order valence-electron chi connectivity index (χ4n) is 1.88. The van der Waals surface area contributed by atoms with Gasteiger partial charge in [-0.1, -0.05) is 24.3 Å². The maximum absolute atomic E-state index is 10.9. The minimum atomic E-state index is -0.505. The van der Waals surface area contributed by atoms with E-state index in [0.717, 1.165) is 5.56 Å². The van der Waals surface area contributed by atoms with Gasteiger partial charge >= 0.3 is 0 Å². The van der Waals surface area contributed by atoms with Gasteiger partial charge in [0.2, 0.25) is 0 Å². The number of para-hydroxylation sites is 1. The number of rotatable bonds is 6. The zero-order valence-electron chi connectivity index (χ0n) is 11.2. The average Bonchev–Trinajstić information content (AvgIpc) is 2.52. The van der Waals surface area contributed by atoms with Crippen molar-refractivity contribution in [3.8, 4) is 5.75 Å². The molecule has 0 aliphatic rings. The Balaban J connectivity index is 2.15. The van der Waals surface area contributed by atoms with Crippen molar-refractivity contribution in [3.63, 3.8) is 0 Å². The molecule has 2 aromatic rings. The zero-order chi connectivity index (χ0) is 15.2. The first-order chi connectivity index (χ1) is 10.2. The van der Waals surface area contributed by atoms with Gasteiger partial charge in [0, 0.05) is 11.6 Å².